The van der Waals surface area contributed by atoms with Crippen molar-refractivity contribution in [2.75, 3.05) is 11.9 Å². The van der Waals surface area contributed by atoms with Gasteiger partial charge in [-0.05, 0) is 24.3 Å². The van der Waals surface area contributed by atoms with Gasteiger partial charge < -0.3 is 10.1 Å². The number of carbonyl (C=O) groups excluding carboxylic acids is 2. The van der Waals surface area contributed by atoms with Crippen molar-refractivity contribution in [2.45, 2.75) is 0 Å². The number of anilines is 1. The molecule has 2 rings (SSSR count). The lowest BCUT2D eigenvalue weighted by molar-refractivity contribution is -0.119. The van der Waals surface area contributed by atoms with E-state index in [0.717, 1.165) is 0 Å². The Kier molecular flexibility index (Phi) is 5.60. The van der Waals surface area contributed by atoms with Crippen LogP contribution < -0.4 is 5.32 Å². The molecule has 1 aromatic heterocycles. The molecular weight excluding hydrogens is 351 g/mol. The molecule has 0 saturated heterocycles. The summed E-state index contributed by atoms with van der Waals surface area (Å²) in [7, 11) is 0. The molecule has 22 heavy (non-hydrogen) atoms. The molecule has 0 fully saturated rings. The van der Waals surface area contributed by atoms with Gasteiger partial charge in [0.1, 0.15) is 0 Å². The second-order valence-electron chi connectivity index (χ2n) is 4.06. The normalized spacial score (nSPS) is 10.1. The molecule has 2 aromatic rings. The molecule has 114 valence electrons. The molecule has 1 N–H and O–H groups in total. The van der Waals surface area contributed by atoms with Crippen LogP contribution in [0.3, 0.4) is 0 Å². The maximum atomic E-state index is 11.9. The van der Waals surface area contributed by atoms with Gasteiger partial charge in [0.15, 0.2) is 11.8 Å². The van der Waals surface area contributed by atoms with Crippen LogP contribution in [0.4, 0.5) is 5.69 Å². The summed E-state index contributed by atoms with van der Waals surface area (Å²) < 4.78 is 4.88. The predicted molar refractivity (Wildman–Crippen MR) is 84.6 cm³/mol. The van der Waals surface area contributed by atoms with E-state index in [4.69, 9.17) is 39.5 Å². The number of hydrogen-bond acceptors (Lipinski definition) is 4. The van der Waals surface area contributed by atoms with Crippen LogP contribution in [0.25, 0.3) is 0 Å². The van der Waals surface area contributed by atoms with Crippen molar-refractivity contribution in [1.82, 2.24) is 4.98 Å². The van der Waals surface area contributed by atoms with Crippen molar-refractivity contribution in [3.05, 3.63) is 57.3 Å². The van der Waals surface area contributed by atoms with Crippen molar-refractivity contribution in [2.24, 2.45) is 0 Å². The summed E-state index contributed by atoms with van der Waals surface area (Å²) in [5.74, 6) is -1.35. The molecule has 1 heterocycles. The van der Waals surface area contributed by atoms with Gasteiger partial charge in [0.2, 0.25) is 0 Å². The number of ether oxygens (including phenoxy) is 1. The fourth-order valence-corrected chi connectivity index (χ4v) is 2.28. The minimum atomic E-state index is -0.789. The Hall–Kier alpha value is -1.82. The highest BCUT2D eigenvalue weighted by molar-refractivity contribution is 6.39. The van der Waals surface area contributed by atoms with Crippen LogP contribution in [0.5, 0.6) is 0 Å². The van der Waals surface area contributed by atoms with E-state index in [-0.39, 0.29) is 20.8 Å². The molecule has 0 aliphatic carbocycles. The third-order valence-corrected chi connectivity index (χ3v) is 3.47. The summed E-state index contributed by atoms with van der Waals surface area (Å²) in [6.45, 7) is -0.508. The van der Waals surface area contributed by atoms with Crippen molar-refractivity contribution in [3.63, 3.8) is 0 Å². The molecule has 8 heteroatoms. The number of carbonyl (C=O) groups is 2. The minimum absolute atomic E-state index is 0.0121. The first-order valence-electron chi connectivity index (χ1n) is 6.00. The van der Waals surface area contributed by atoms with E-state index in [9.17, 15) is 9.59 Å². The van der Waals surface area contributed by atoms with Crippen LogP contribution >= 0.6 is 34.8 Å². The number of rotatable bonds is 4. The van der Waals surface area contributed by atoms with Gasteiger partial charge in [0.25, 0.3) is 5.91 Å². The second-order valence-corrected chi connectivity index (χ2v) is 5.24. The number of esters is 1. The quantitative estimate of drug-likeness (QED) is 0.665. The average Bonchev–Trinajstić information content (AvgIpc) is 2.47. The van der Waals surface area contributed by atoms with Gasteiger partial charge in [-0.2, -0.15) is 0 Å². The van der Waals surface area contributed by atoms with E-state index in [2.05, 4.69) is 10.3 Å². The smallest absolute Gasteiger partial charge is 0.341 e. The Labute approximate surface area is 141 Å². The van der Waals surface area contributed by atoms with Crippen LogP contribution in [-0.4, -0.2) is 23.5 Å². The fraction of sp³-hybridized carbons (Fsp3) is 0.0714. The average molecular weight is 360 g/mol. The Morgan fingerprint density at radius 3 is 2.41 bits per heavy atom. The Balaban J connectivity index is 1.97. The van der Waals surface area contributed by atoms with Crippen molar-refractivity contribution < 1.29 is 14.3 Å². The molecule has 0 bridgehead atoms. The zero-order chi connectivity index (χ0) is 16.1. The zero-order valence-corrected chi connectivity index (χ0v) is 13.2. The first-order valence-corrected chi connectivity index (χ1v) is 7.14. The molecule has 0 saturated carbocycles. The molecule has 0 spiro atoms. The summed E-state index contributed by atoms with van der Waals surface area (Å²) in [6.07, 6.45) is 1.48. The van der Waals surface area contributed by atoms with Gasteiger partial charge in [-0.1, -0.05) is 40.9 Å². The maximum absolute atomic E-state index is 11.9. The number of aromatic nitrogens is 1. The zero-order valence-electron chi connectivity index (χ0n) is 11.0. The van der Waals surface area contributed by atoms with Crippen LogP contribution in [0, 0.1) is 0 Å². The number of hydrogen-bond donors (Lipinski definition) is 1. The summed E-state index contributed by atoms with van der Waals surface area (Å²) in [5.41, 5.74) is 0.332. The molecule has 1 aromatic carbocycles. The van der Waals surface area contributed by atoms with Gasteiger partial charge in [-0.3, -0.25) is 4.79 Å². The van der Waals surface area contributed by atoms with E-state index in [1.807, 2.05) is 0 Å². The number of nitrogens with one attached hydrogen (secondary N) is 1. The number of benzene rings is 1. The van der Waals surface area contributed by atoms with E-state index >= 15 is 0 Å². The molecule has 0 aliphatic heterocycles. The highest BCUT2D eigenvalue weighted by atomic mass is 35.5. The van der Waals surface area contributed by atoms with Crippen molar-refractivity contribution in [3.8, 4) is 0 Å². The summed E-state index contributed by atoms with van der Waals surface area (Å²) in [4.78, 5) is 27.4. The number of amides is 1. The largest absolute Gasteiger partial charge is 0.452 e. The monoisotopic (exact) mass is 358 g/mol. The van der Waals surface area contributed by atoms with Gasteiger partial charge in [0.05, 0.1) is 21.3 Å². The van der Waals surface area contributed by atoms with Crippen LogP contribution in [0.15, 0.2) is 36.5 Å². The number of nitrogens with zero attached hydrogens (tertiary/aromatic N) is 1. The molecule has 0 unspecified atom stereocenters. The van der Waals surface area contributed by atoms with Gasteiger partial charge in [-0.15, -0.1) is 0 Å². The lowest BCUT2D eigenvalue weighted by atomic mass is 10.2. The summed E-state index contributed by atoms with van der Waals surface area (Å²) in [5, 5.41) is 2.90. The molecular formula is C14H9Cl3N2O3. The van der Waals surface area contributed by atoms with Crippen LogP contribution in [-0.2, 0) is 9.53 Å². The first-order chi connectivity index (χ1) is 10.5. The maximum Gasteiger partial charge on any atom is 0.341 e. The SMILES string of the molecule is O=C(COC(=O)c1c(Cl)cccc1Cl)Nc1cccnc1Cl. The number of halogens is 3. The van der Waals surface area contributed by atoms with Crippen molar-refractivity contribution >= 4 is 52.4 Å². The fourth-order valence-electron chi connectivity index (χ4n) is 1.56. The van der Waals surface area contributed by atoms with Gasteiger partial charge >= 0.3 is 5.97 Å². The highest BCUT2D eigenvalue weighted by Crippen LogP contribution is 2.25. The molecule has 0 radical (unpaired) electrons. The van der Waals surface area contributed by atoms with Crippen LogP contribution in [0.1, 0.15) is 10.4 Å². The predicted octanol–water partition coefficient (Wildman–Crippen LogP) is 3.84. The van der Waals surface area contributed by atoms with E-state index < -0.39 is 18.5 Å². The Bertz CT molecular complexity index is 702. The van der Waals surface area contributed by atoms with E-state index in [1.54, 1.807) is 18.2 Å². The molecule has 1 amide bonds. The summed E-state index contributed by atoms with van der Waals surface area (Å²) >= 11 is 17.6. The van der Waals surface area contributed by atoms with Crippen molar-refractivity contribution in [1.29, 1.82) is 0 Å². The molecule has 0 aliphatic rings. The van der Waals surface area contributed by atoms with Crippen LogP contribution in [0.2, 0.25) is 15.2 Å². The lowest BCUT2D eigenvalue weighted by Crippen LogP contribution is -2.21. The minimum Gasteiger partial charge on any atom is -0.452 e. The summed E-state index contributed by atoms with van der Waals surface area (Å²) in [6, 6.07) is 7.77. The second kappa shape index (κ2) is 7.45. The van der Waals surface area contributed by atoms with E-state index in [1.165, 1.54) is 18.3 Å². The Morgan fingerprint density at radius 1 is 1.09 bits per heavy atom. The third kappa shape index (κ3) is 4.10. The first kappa shape index (κ1) is 16.5. The standard InChI is InChI=1S/C14H9Cl3N2O3/c15-8-3-1-4-9(16)12(8)14(21)22-7-11(20)19-10-5-2-6-18-13(10)17/h1-6H,7H2,(H,19,20). The lowest BCUT2D eigenvalue weighted by Gasteiger charge is -2.09. The van der Waals surface area contributed by atoms with Gasteiger partial charge in [-0.25, -0.2) is 9.78 Å². The topological polar surface area (TPSA) is 68.3 Å². The third-order valence-electron chi connectivity index (χ3n) is 2.53. The van der Waals surface area contributed by atoms with Gasteiger partial charge in [0, 0.05) is 6.20 Å². The number of pyridine rings is 1. The Morgan fingerprint density at radius 2 is 1.77 bits per heavy atom. The molecule has 0 atom stereocenters. The highest BCUT2D eigenvalue weighted by Gasteiger charge is 2.17. The molecule has 5 nitrogen and oxygen atoms in total. The van der Waals surface area contributed by atoms with E-state index in [0.29, 0.717) is 5.69 Å².